The van der Waals surface area contributed by atoms with Crippen LogP contribution >= 0.6 is 0 Å². The minimum atomic E-state index is -2.51. The number of carbonyl (C=O) groups excluding carboxylic acids is 2. The molecular weight excluding hydrogens is 448 g/mol. The van der Waals surface area contributed by atoms with Crippen molar-refractivity contribution < 1.29 is 28.7 Å². The monoisotopic (exact) mass is 484 g/mol. The second kappa shape index (κ2) is 10.2. The number of rotatable bonds is 8. The van der Waals surface area contributed by atoms with Gasteiger partial charge in [0.05, 0.1) is 5.41 Å². The Labute approximate surface area is 203 Å². The van der Waals surface area contributed by atoms with Crippen molar-refractivity contribution in [2.75, 3.05) is 0 Å². The molecule has 0 fully saturated rings. The molecule has 0 saturated carbocycles. The lowest BCUT2D eigenvalue weighted by atomic mass is 9.95. The number of ketones is 1. The second-order valence-corrected chi connectivity index (χ2v) is 15.8. The highest BCUT2D eigenvalue weighted by atomic mass is 28.4. The fourth-order valence-electron chi connectivity index (χ4n) is 2.96. The zero-order valence-corrected chi connectivity index (χ0v) is 22.3. The number of esters is 1. The van der Waals surface area contributed by atoms with E-state index in [0.717, 1.165) is 11.1 Å². The first-order chi connectivity index (χ1) is 15.5. The number of benzene rings is 2. The van der Waals surface area contributed by atoms with Crippen LogP contribution in [-0.4, -0.2) is 37.2 Å². The average molecular weight is 485 g/mol. The van der Waals surface area contributed by atoms with Crippen LogP contribution in [0, 0.1) is 5.41 Å². The molecule has 0 heterocycles. The van der Waals surface area contributed by atoms with Gasteiger partial charge < -0.3 is 14.3 Å². The molecule has 0 aliphatic carbocycles. The summed E-state index contributed by atoms with van der Waals surface area (Å²) in [6.07, 6.45) is -2.67. The first-order valence-corrected chi connectivity index (χ1v) is 14.3. The number of carboxylic acids is 1. The van der Waals surface area contributed by atoms with Crippen LogP contribution < -0.4 is 0 Å². The second-order valence-electron chi connectivity index (χ2n) is 11.0. The molecule has 0 saturated heterocycles. The highest BCUT2D eigenvalue weighted by Crippen LogP contribution is 2.41. The van der Waals surface area contributed by atoms with Gasteiger partial charge in [0.2, 0.25) is 6.10 Å². The number of carbonyl (C=O) groups is 3. The van der Waals surface area contributed by atoms with Crippen molar-refractivity contribution >= 4 is 26.0 Å². The van der Waals surface area contributed by atoms with Crippen LogP contribution in [0.25, 0.3) is 11.1 Å². The first-order valence-electron chi connectivity index (χ1n) is 11.4. The molecule has 0 aliphatic heterocycles. The summed E-state index contributed by atoms with van der Waals surface area (Å²) in [6.45, 7) is 15.1. The molecule has 2 atom stereocenters. The summed E-state index contributed by atoms with van der Waals surface area (Å²) >= 11 is 0. The van der Waals surface area contributed by atoms with Gasteiger partial charge in [0, 0.05) is 0 Å². The van der Waals surface area contributed by atoms with E-state index in [1.165, 1.54) is 0 Å². The Hall–Kier alpha value is -2.77. The lowest BCUT2D eigenvalue weighted by Gasteiger charge is -2.41. The van der Waals surface area contributed by atoms with E-state index in [9.17, 15) is 19.5 Å². The lowest BCUT2D eigenvalue weighted by Crippen LogP contribution is -2.48. The Morgan fingerprint density at radius 3 is 1.76 bits per heavy atom. The Morgan fingerprint density at radius 1 is 0.824 bits per heavy atom. The molecule has 0 radical (unpaired) electrons. The lowest BCUT2D eigenvalue weighted by molar-refractivity contribution is -0.173. The molecule has 2 unspecified atom stereocenters. The van der Waals surface area contributed by atoms with Crippen LogP contribution in [0.3, 0.4) is 0 Å². The van der Waals surface area contributed by atoms with Gasteiger partial charge in [-0.15, -0.1) is 0 Å². The van der Waals surface area contributed by atoms with Crippen LogP contribution in [0.15, 0.2) is 54.6 Å². The molecule has 2 rings (SSSR count). The van der Waals surface area contributed by atoms with E-state index >= 15 is 0 Å². The molecule has 0 aromatic heterocycles. The van der Waals surface area contributed by atoms with E-state index in [1.54, 1.807) is 32.9 Å². The van der Waals surface area contributed by atoms with Gasteiger partial charge in [-0.05, 0) is 55.6 Å². The zero-order chi connectivity index (χ0) is 25.9. The van der Waals surface area contributed by atoms with Gasteiger partial charge >= 0.3 is 11.9 Å². The summed E-state index contributed by atoms with van der Waals surface area (Å²) in [7, 11) is -2.51. The Balaban J connectivity index is 2.59. The molecule has 34 heavy (non-hydrogen) atoms. The van der Waals surface area contributed by atoms with Gasteiger partial charge in [-0.2, -0.15) is 0 Å². The van der Waals surface area contributed by atoms with Gasteiger partial charge in [-0.1, -0.05) is 75.4 Å². The smallest absolute Gasteiger partial charge is 0.376 e. The predicted molar refractivity (Wildman–Crippen MR) is 135 cm³/mol. The minimum Gasteiger partial charge on any atom is -0.475 e. The molecule has 0 spiro atoms. The van der Waals surface area contributed by atoms with Crippen molar-refractivity contribution in [3.63, 3.8) is 0 Å². The predicted octanol–water partition coefficient (Wildman–Crippen LogP) is 6.03. The van der Waals surface area contributed by atoms with Crippen LogP contribution in [-0.2, 0) is 23.5 Å². The minimum absolute atomic E-state index is 0.222. The Kier molecular flexibility index (Phi) is 8.27. The SMILES string of the molecule is CC(C)(C)C(=O)OC(C(=O)C(=O)O)C(O[Si](C)(C)C(C)(C)C)c1ccc(-c2ccccc2)cc1. The largest absolute Gasteiger partial charge is 0.475 e. The third kappa shape index (κ3) is 6.64. The molecule has 0 bridgehead atoms. The highest BCUT2D eigenvalue weighted by molar-refractivity contribution is 6.74. The maximum atomic E-state index is 12.8. The van der Waals surface area contributed by atoms with E-state index in [1.807, 2.05) is 76.3 Å². The summed E-state index contributed by atoms with van der Waals surface area (Å²) in [5.41, 5.74) is 1.64. The molecule has 2 aromatic carbocycles. The summed E-state index contributed by atoms with van der Waals surface area (Å²) in [5.74, 6) is -3.55. The third-order valence-electron chi connectivity index (χ3n) is 6.16. The zero-order valence-electron chi connectivity index (χ0n) is 21.3. The van der Waals surface area contributed by atoms with Gasteiger partial charge in [-0.3, -0.25) is 9.59 Å². The van der Waals surface area contributed by atoms with Crippen LogP contribution in [0.5, 0.6) is 0 Å². The first kappa shape index (κ1) is 27.5. The van der Waals surface area contributed by atoms with E-state index in [2.05, 4.69) is 0 Å². The highest BCUT2D eigenvalue weighted by Gasteiger charge is 2.46. The van der Waals surface area contributed by atoms with Crippen molar-refractivity contribution in [1.82, 2.24) is 0 Å². The van der Waals surface area contributed by atoms with E-state index in [0.29, 0.717) is 5.56 Å². The standard InChI is InChI=1S/C27H36O6Si/c1-26(2,3)25(31)32-23(21(28)24(29)30)22(33-34(7,8)27(4,5)6)20-16-14-19(15-17-20)18-12-10-9-11-13-18/h9-17,22-23H,1-8H3,(H,29,30). The van der Waals surface area contributed by atoms with Gasteiger partial charge in [0.15, 0.2) is 8.32 Å². The fraction of sp³-hybridized carbons (Fsp3) is 0.444. The van der Waals surface area contributed by atoms with E-state index < -0.39 is 43.7 Å². The maximum absolute atomic E-state index is 12.8. The van der Waals surface area contributed by atoms with Crippen LogP contribution in [0.2, 0.25) is 18.1 Å². The van der Waals surface area contributed by atoms with Crippen molar-refractivity contribution in [3.8, 4) is 11.1 Å². The summed E-state index contributed by atoms with van der Waals surface area (Å²) in [5, 5.41) is 9.31. The molecule has 2 aromatic rings. The Morgan fingerprint density at radius 2 is 1.32 bits per heavy atom. The van der Waals surface area contributed by atoms with E-state index in [-0.39, 0.29) is 5.04 Å². The topological polar surface area (TPSA) is 89.9 Å². The van der Waals surface area contributed by atoms with Crippen molar-refractivity contribution in [2.45, 2.75) is 71.9 Å². The molecule has 184 valence electrons. The fourth-order valence-corrected chi connectivity index (χ4v) is 4.21. The normalized spacial score (nSPS) is 14.2. The van der Waals surface area contributed by atoms with Gasteiger partial charge in [-0.25, -0.2) is 4.79 Å². The molecule has 0 amide bonds. The van der Waals surface area contributed by atoms with Crippen molar-refractivity contribution in [3.05, 3.63) is 60.2 Å². The van der Waals surface area contributed by atoms with Gasteiger partial charge in [0.1, 0.15) is 6.10 Å². The molecule has 1 N–H and O–H groups in total. The Bertz CT molecular complexity index is 1010. The summed E-state index contributed by atoms with van der Waals surface area (Å²) in [4.78, 5) is 37.3. The maximum Gasteiger partial charge on any atom is 0.376 e. The quantitative estimate of drug-likeness (QED) is 0.280. The molecule has 0 aliphatic rings. The number of aliphatic carboxylic acids is 1. The number of hydrogen-bond donors (Lipinski definition) is 1. The van der Waals surface area contributed by atoms with Crippen molar-refractivity contribution in [2.24, 2.45) is 5.41 Å². The van der Waals surface area contributed by atoms with Crippen LogP contribution in [0.4, 0.5) is 0 Å². The van der Waals surface area contributed by atoms with Gasteiger partial charge in [0.25, 0.3) is 5.78 Å². The molecule has 6 nitrogen and oxygen atoms in total. The third-order valence-corrected chi connectivity index (χ3v) is 10.6. The number of carboxylic acid groups (broad SMARTS) is 1. The number of ether oxygens (including phenoxy) is 1. The molecule has 7 heteroatoms. The number of Topliss-reactive ketones (excluding diaryl/α,β-unsaturated/α-hetero) is 1. The van der Waals surface area contributed by atoms with Crippen LogP contribution in [0.1, 0.15) is 53.2 Å². The number of hydrogen-bond acceptors (Lipinski definition) is 5. The summed E-state index contributed by atoms with van der Waals surface area (Å²) in [6, 6.07) is 17.2. The van der Waals surface area contributed by atoms with E-state index in [4.69, 9.17) is 9.16 Å². The summed E-state index contributed by atoms with van der Waals surface area (Å²) < 4.78 is 12.1. The average Bonchev–Trinajstić information content (AvgIpc) is 2.74. The molecular formula is C27H36O6Si. The van der Waals surface area contributed by atoms with Crippen molar-refractivity contribution in [1.29, 1.82) is 0 Å².